The van der Waals surface area contributed by atoms with Gasteiger partial charge in [0.2, 0.25) is 0 Å². The molecule has 2 aromatic heterocycles. The van der Waals surface area contributed by atoms with E-state index in [9.17, 15) is 0 Å². The third-order valence-corrected chi connectivity index (χ3v) is 2.35. The molecule has 0 aliphatic carbocycles. The lowest BCUT2D eigenvalue weighted by atomic mass is 10.2. The Morgan fingerprint density at radius 2 is 1.88 bits per heavy atom. The molecule has 0 aliphatic heterocycles. The van der Waals surface area contributed by atoms with Gasteiger partial charge in [-0.05, 0) is 18.2 Å². The Kier molecular flexibility index (Phi) is 2.34. The SMILES string of the molecule is c1cnc(-c2cccc(-n3cncn3)c2)nc1. The van der Waals surface area contributed by atoms with Crippen molar-refractivity contribution >= 4 is 0 Å². The van der Waals surface area contributed by atoms with Crippen LogP contribution in [0.5, 0.6) is 0 Å². The van der Waals surface area contributed by atoms with Crippen LogP contribution in [0.2, 0.25) is 0 Å². The summed E-state index contributed by atoms with van der Waals surface area (Å²) in [5, 5.41) is 4.09. The number of nitrogens with zero attached hydrogens (tertiary/aromatic N) is 5. The monoisotopic (exact) mass is 223 g/mol. The summed E-state index contributed by atoms with van der Waals surface area (Å²) in [7, 11) is 0. The Balaban J connectivity index is 2.06. The van der Waals surface area contributed by atoms with Gasteiger partial charge in [0.25, 0.3) is 0 Å². The zero-order valence-corrected chi connectivity index (χ0v) is 8.93. The van der Waals surface area contributed by atoms with E-state index in [1.54, 1.807) is 29.5 Å². The van der Waals surface area contributed by atoms with Gasteiger partial charge >= 0.3 is 0 Å². The molecule has 3 aromatic rings. The third kappa shape index (κ3) is 1.90. The number of aromatic nitrogens is 5. The third-order valence-electron chi connectivity index (χ3n) is 2.35. The van der Waals surface area contributed by atoms with Crippen LogP contribution in [0.25, 0.3) is 17.1 Å². The molecule has 5 nitrogen and oxygen atoms in total. The van der Waals surface area contributed by atoms with Crippen LogP contribution >= 0.6 is 0 Å². The summed E-state index contributed by atoms with van der Waals surface area (Å²) >= 11 is 0. The average molecular weight is 223 g/mol. The standard InChI is InChI=1S/C12H9N5/c1-3-10(12-14-5-2-6-15-12)7-11(4-1)17-9-13-8-16-17/h1-9H. The van der Waals surface area contributed by atoms with E-state index in [4.69, 9.17) is 0 Å². The lowest BCUT2D eigenvalue weighted by molar-refractivity contribution is 0.879. The summed E-state index contributed by atoms with van der Waals surface area (Å²) in [4.78, 5) is 12.4. The Bertz CT molecular complexity index is 604. The van der Waals surface area contributed by atoms with Gasteiger partial charge in [-0.15, -0.1) is 0 Å². The maximum Gasteiger partial charge on any atom is 0.159 e. The molecule has 0 unspecified atom stereocenters. The molecule has 0 atom stereocenters. The van der Waals surface area contributed by atoms with Crippen LogP contribution < -0.4 is 0 Å². The maximum atomic E-state index is 4.22. The highest BCUT2D eigenvalue weighted by Crippen LogP contribution is 2.17. The molecule has 0 saturated carbocycles. The highest BCUT2D eigenvalue weighted by atomic mass is 15.3. The van der Waals surface area contributed by atoms with Crippen molar-refractivity contribution in [2.75, 3.05) is 0 Å². The van der Waals surface area contributed by atoms with E-state index in [-0.39, 0.29) is 0 Å². The van der Waals surface area contributed by atoms with Crippen molar-refractivity contribution in [3.05, 3.63) is 55.4 Å². The smallest absolute Gasteiger partial charge is 0.159 e. The van der Waals surface area contributed by atoms with Crippen molar-refractivity contribution < 1.29 is 0 Å². The van der Waals surface area contributed by atoms with E-state index in [0.29, 0.717) is 5.82 Å². The highest BCUT2D eigenvalue weighted by molar-refractivity contribution is 5.58. The maximum absolute atomic E-state index is 4.22. The Labute approximate surface area is 97.8 Å². The molecule has 2 heterocycles. The minimum Gasteiger partial charge on any atom is -0.237 e. The van der Waals surface area contributed by atoms with Crippen LogP contribution in [0.3, 0.4) is 0 Å². The van der Waals surface area contributed by atoms with E-state index >= 15 is 0 Å². The summed E-state index contributed by atoms with van der Waals surface area (Å²) in [5.74, 6) is 0.703. The van der Waals surface area contributed by atoms with Crippen LogP contribution in [0, 0.1) is 0 Å². The molecule has 5 heteroatoms. The van der Waals surface area contributed by atoms with Crippen molar-refractivity contribution in [3.63, 3.8) is 0 Å². The second kappa shape index (κ2) is 4.13. The van der Waals surface area contributed by atoms with Gasteiger partial charge in [-0.2, -0.15) is 5.10 Å². The summed E-state index contributed by atoms with van der Waals surface area (Å²) in [6.07, 6.45) is 6.62. The predicted molar refractivity (Wildman–Crippen MR) is 62.4 cm³/mol. The van der Waals surface area contributed by atoms with Gasteiger partial charge in [-0.1, -0.05) is 12.1 Å². The Morgan fingerprint density at radius 1 is 1.00 bits per heavy atom. The zero-order chi connectivity index (χ0) is 11.5. The van der Waals surface area contributed by atoms with Crippen LogP contribution in [-0.2, 0) is 0 Å². The first-order valence-corrected chi connectivity index (χ1v) is 5.16. The molecule has 0 radical (unpaired) electrons. The van der Waals surface area contributed by atoms with E-state index in [2.05, 4.69) is 20.1 Å². The first-order valence-electron chi connectivity index (χ1n) is 5.16. The van der Waals surface area contributed by atoms with E-state index < -0.39 is 0 Å². The predicted octanol–water partition coefficient (Wildman–Crippen LogP) is 1.72. The van der Waals surface area contributed by atoms with Gasteiger partial charge in [0.05, 0.1) is 5.69 Å². The molecule has 17 heavy (non-hydrogen) atoms. The van der Waals surface area contributed by atoms with Gasteiger partial charge in [0.1, 0.15) is 12.7 Å². The minimum absolute atomic E-state index is 0.703. The largest absolute Gasteiger partial charge is 0.237 e. The van der Waals surface area contributed by atoms with Crippen molar-refractivity contribution in [1.82, 2.24) is 24.7 Å². The van der Waals surface area contributed by atoms with Crippen molar-refractivity contribution in [2.24, 2.45) is 0 Å². The van der Waals surface area contributed by atoms with Crippen LogP contribution in [0.4, 0.5) is 0 Å². The van der Waals surface area contributed by atoms with Crippen molar-refractivity contribution in [2.45, 2.75) is 0 Å². The molecule has 0 aliphatic rings. The number of hydrogen-bond acceptors (Lipinski definition) is 4. The minimum atomic E-state index is 0.703. The molecule has 1 aromatic carbocycles. The van der Waals surface area contributed by atoms with Crippen LogP contribution in [-0.4, -0.2) is 24.7 Å². The van der Waals surface area contributed by atoms with Gasteiger partial charge in [0, 0.05) is 18.0 Å². The molecule has 0 spiro atoms. The molecule has 0 N–H and O–H groups in total. The number of rotatable bonds is 2. The van der Waals surface area contributed by atoms with Crippen LogP contribution in [0.15, 0.2) is 55.4 Å². The Morgan fingerprint density at radius 3 is 2.65 bits per heavy atom. The first kappa shape index (κ1) is 9.65. The fraction of sp³-hybridized carbons (Fsp3) is 0. The lowest BCUT2D eigenvalue weighted by Gasteiger charge is -2.03. The fourth-order valence-corrected chi connectivity index (χ4v) is 1.58. The van der Waals surface area contributed by atoms with E-state index in [0.717, 1.165) is 11.3 Å². The Hall–Kier alpha value is -2.56. The molecule has 0 amide bonds. The van der Waals surface area contributed by atoms with Crippen LogP contribution in [0.1, 0.15) is 0 Å². The summed E-state index contributed by atoms with van der Waals surface area (Å²) in [5.41, 5.74) is 1.89. The molecular weight excluding hydrogens is 214 g/mol. The van der Waals surface area contributed by atoms with Gasteiger partial charge in [-0.25, -0.2) is 19.6 Å². The fourth-order valence-electron chi connectivity index (χ4n) is 1.58. The first-order chi connectivity index (χ1) is 8.43. The molecule has 3 rings (SSSR count). The van der Waals surface area contributed by atoms with E-state index in [1.807, 2.05) is 24.3 Å². The highest BCUT2D eigenvalue weighted by Gasteiger charge is 2.02. The quantitative estimate of drug-likeness (QED) is 0.663. The second-order valence-corrected chi connectivity index (χ2v) is 3.46. The number of benzene rings is 1. The van der Waals surface area contributed by atoms with Gasteiger partial charge in [-0.3, -0.25) is 0 Å². The van der Waals surface area contributed by atoms with E-state index in [1.165, 1.54) is 6.33 Å². The molecule has 0 saturated heterocycles. The summed E-state index contributed by atoms with van der Waals surface area (Å²) in [6, 6.07) is 9.65. The molecule has 0 fully saturated rings. The zero-order valence-electron chi connectivity index (χ0n) is 8.93. The van der Waals surface area contributed by atoms with Crippen molar-refractivity contribution in [1.29, 1.82) is 0 Å². The normalized spacial score (nSPS) is 10.4. The second-order valence-electron chi connectivity index (χ2n) is 3.46. The number of hydrogen-bond donors (Lipinski definition) is 0. The molecular formula is C12H9N5. The topological polar surface area (TPSA) is 56.5 Å². The summed E-state index contributed by atoms with van der Waals surface area (Å²) < 4.78 is 1.70. The van der Waals surface area contributed by atoms with Crippen molar-refractivity contribution in [3.8, 4) is 17.1 Å². The molecule has 82 valence electrons. The summed E-state index contributed by atoms with van der Waals surface area (Å²) in [6.45, 7) is 0. The van der Waals surface area contributed by atoms with Gasteiger partial charge in [0.15, 0.2) is 5.82 Å². The average Bonchev–Trinajstić information content (AvgIpc) is 2.94. The van der Waals surface area contributed by atoms with Gasteiger partial charge < -0.3 is 0 Å². The lowest BCUT2D eigenvalue weighted by Crippen LogP contribution is -1.95. The molecule has 0 bridgehead atoms.